The SMILES string of the molecule is CCCCNC(=O)C1N(CCCCCO)C(=O)[C@@H]2[C@H](C(=O)OCC)[C@]3(CC)CCC12O3. The second-order valence-corrected chi connectivity index (χ2v) is 9.05. The average molecular weight is 439 g/mol. The number of aliphatic hydroxyl groups excluding tert-OH is 1. The quantitative estimate of drug-likeness (QED) is 0.355. The highest BCUT2D eigenvalue weighted by atomic mass is 16.6. The van der Waals surface area contributed by atoms with Crippen molar-refractivity contribution in [1.29, 1.82) is 0 Å². The van der Waals surface area contributed by atoms with E-state index in [-0.39, 0.29) is 25.0 Å². The number of nitrogens with one attached hydrogen (secondary N) is 1. The van der Waals surface area contributed by atoms with Crippen LogP contribution in [0.5, 0.6) is 0 Å². The number of carbonyl (C=O) groups is 3. The molecule has 3 aliphatic rings. The highest BCUT2D eigenvalue weighted by Gasteiger charge is 2.78. The van der Waals surface area contributed by atoms with Crippen molar-refractivity contribution in [2.75, 3.05) is 26.3 Å². The van der Waals surface area contributed by atoms with Gasteiger partial charge in [0.05, 0.1) is 18.1 Å². The molecule has 176 valence electrons. The predicted octanol–water partition coefficient (Wildman–Crippen LogP) is 1.78. The van der Waals surface area contributed by atoms with Crippen LogP contribution in [0.25, 0.3) is 0 Å². The Balaban J connectivity index is 1.93. The molecule has 3 aliphatic heterocycles. The minimum atomic E-state index is -0.974. The van der Waals surface area contributed by atoms with E-state index in [2.05, 4.69) is 12.2 Å². The topological polar surface area (TPSA) is 105 Å². The van der Waals surface area contributed by atoms with Gasteiger partial charge in [-0.2, -0.15) is 0 Å². The predicted molar refractivity (Wildman–Crippen MR) is 114 cm³/mol. The smallest absolute Gasteiger partial charge is 0.312 e. The van der Waals surface area contributed by atoms with Crippen LogP contribution in [-0.4, -0.2) is 71.3 Å². The van der Waals surface area contributed by atoms with Gasteiger partial charge in [0, 0.05) is 19.7 Å². The van der Waals surface area contributed by atoms with Crippen molar-refractivity contribution in [1.82, 2.24) is 10.2 Å². The van der Waals surface area contributed by atoms with E-state index < -0.39 is 35.0 Å². The number of unbranched alkanes of at least 4 members (excludes halogenated alkanes) is 3. The molecule has 1 spiro atoms. The zero-order valence-corrected chi connectivity index (χ0v) is 19.2. The van der Waals surface area contributed by atoms with Crippen molar-refractivity contribution >= 4 is 17.8 Å². The zero-order chi connectivity index (χ0) is 22.6. The third-order valence-corrected chi connectivity index (χ3v) is 7.36. The van der Waals surface area contributed by atoms with E-state index in [1.165, 1.54) is 0 Å². The molecule has 2 unspecified atom stereocenters. The van der Waals surface area contributed by atoms with E-state index >= 15 is 0 Å². The number of carbonyl (C=O) groups excluding carboxylic acids is 3. The summed E-state index contributed by atoms with van der Waals surface area (Å²) >= 11 is 0. The summed E-state index contributed by atoms with van der Waals surface area (Å²) in [7, 11) is 0. The van der Waals surface area contributed by atoms with Gasteiger partial charge in [-0.1, -0.05) is 20.3 Å². The van der Waals surface area contributed by atoms with E-state index in [4.69, 9.17) is 14.6 Å². The molecule has 3 heterocycles. The molecule has 5 atom stereocenters. The lowest BCUT2D eigenvalue weighted by molar-refractivity contribution is -0.160. The van der Waals surface area contributed by atoms with Crippen LogP contribution in [0.3, 0.4) is 0 Å². The van der Waals surface area contributed by atoms with Crippen molar-refractivity contribution in [3.8, 4) is 0 Å². The fraction of sp³-hybridized carbons (Fsp3) is 0.870. The van der Waals surface area contributed by atoms with E-state index in [0.29, 0.717) is 45.2 Å². The Morgan fingerprint density at radius 2 is 1.97 bits per heavy atom. The molecule has 0 aromatic heterocycles. The van der Waals surface area contributed by atoms with Crippen LogP contribution in [0.2, 0.25) is 0 Å². The Kier molecular flexibility index (Phi) is 7.63. The van der Waals surface area contributed by atoms with Crippen molar-refractivity contribution in [3.63, 3.8) is 0 Å². The molecule has 2 amide bonds. The molecule has 0 aliphatic carbocycles. The fourth-order valence-electron chi connectivity index (χ4n) is 5.91. The van der Waals surface area contributed by atoms with Crippen molar-refractivity contribution in [2.45, 2.75) is 89.4 Å². The fourth-order valence-corrected chi connectivity index (χ4v) is 5.91. The Morgan fingerprint density at radius 1 is 1.19 bits per heavy atom. The number of hydrogen-bond donors (Lipinski definition) is 2. The number of aliphatic hydroxyl groups is 1. The molecule has 0 radical (unpaired) electrons. The summed E-state index contributed by atoms with van der Waals surface area (Å²) in [6, 6.07) is -0.733. The molecule has 0 saturated carbocycles. The number of nitrogens with zero attached hydrogens (tertiary/aromatic N) is 1. The number of fused-ring (bicyclic) bond motifs is 1. The molecule has 3 saturated heterocycles. The standard InChI is InChI=1S/C23H38N2O6/c1-4-7-13-24-19(27)18-23-12-11-22(5-2,31-23)17(21(29)30-6-3)16(23)20(28)25(18)14-9-8-10-15-26/h16-18,26H,4-15H2,1-3H3,(H,24,27)/t16-,17+,18?,22-,23?/m0/s1. The van der Waals surface area contributed by atoms with Crippen molar-refractivity contribution < 1.29 is 29.0 Å². The first-order chi connectivity index (χ1) is 14.9. The highest BCUT2D eigenvalue weighted by Crippen LogP contribution is 2.64. The van der Waals surface area contributed by atoms with Crippen LogP contribution in [0.4, 0.5) is 0 Å². The van der Waals surface area contributed by atoms with Gasteiger partial charge in [0.2, 0.25) is 11.8 Å². The van der Waals surface area contributed by atoms with E-state index in [1.54, 1.807) is 11.8 Å². The van der Waals surface area contributed by atoms with Crippen LogP contribution in [-0.2, 0) is 23.9 Å². The number of esters is 1. The monoisotopic (exact) mass is 438 g/mol. The number of hydrogen-bond acceptors (Lipinski definition) is 6. The number of rotatable bonds is 12. The van der Waals surface area contributed by atoms with Crippen LogP contribution in [0.15, 0.2) is 0 Å². The first kappa shape index (κ1) is 24.0. The van der Waals surface area contributed by atoms with Gasteiger partial charge in [-0.15, -0.1) is 0 Å². The summed E-state index contributed by atoms with van der Waals surface area (Å²) in [5.41, 5.74) is -1.71. The second-order valence-electron chi connectivity index (χ2n) is 9.05. The maximum absolute atomic E-state index is 13.7. The minimum absolute atomic E-state index is 0.106. The maximum Gasteiger partial charge on any atom is 0.312 e. The number of likely N-dealkylation sites (tertiary alicyclic amines) is 1. The molecular formula is C23H38N2O6. The van der Waals surface area contributed by atoms with Gasteiger partial charge in [-0.25, -0.2) is 0 Å². The lowest BCUT2D eigenvalue weighted by Gasteiger charge is -2.33. The Bertz CT molecular complexity index is 685. The van der Waals surface area contributed by atoms with Gasteiger partial charge in [-0.3, -0.25) is 14.4 Å². The molecule has 3 fully saturated rings. The molecule has 0 aromatic rings. The molecule has 8 heteroatoms. The summed E-state index contributed by atoms with van der Waals surface area (Å²) in [5, 5.41) is 12.1. The summed E-state index contributed by atoms with van der Waals surface area (Å²) in [6.45, 7) is 7.11. The number of amides is 2. The van der Waals surface area contributed by atoms with Gasteiger partial charge >= 0.3 is 5.97 Å². The minimum Gasteiger partial charge on any atom is -0.466 e. The second kappa shape index (κ2) is 9.86. The first-order valence-corrected chi connectivity index (χ1v) is 12.0. The molecular weight excluding hydrogens is 400 g/mol. The number of ether oxygens (including phenoxy) is 2. The maximum atomic E-state index is 13.7. The zero-order valence-electron chi connectivity index (χ0n) is 19.2. The summed E-state index contributed by atoms with van der Waals surface area (Å²) in [6.07, 6.45) is 5.78. The Hall–Kier alpha value is -1.67. The average Bonchev–Trinajstić information content (AvgIpc) is 3.35. The third-order valence-electron chi connectivity index (χ3n) is 7.36. The van der Waals surface area contributed by atoms with Gasteiger partial charge in [0.25, 0.3) is 0 Å². The van der Waals surface area contributed by atoms with Crippen molar-refractivity contribution in [2.24, 2.45) is 11.8 Å². The van der Waals surface area contributed by atoms with Crippen LogP contribution < -0.4 is 5.32 Å². The lowest BCUT2D eigenvalue weighted by atomic mass is 9.65. The highest BCUT2D eigenvalue weighted by molar-refractivity contribution is 5.98. The van der Waals surface area contributed by atoms with Crippen LogP contribution >= 0.6 is 0 Å². The van der Waals surface area contributed by atoms with Gasteiger partial charge in [0.15, 0.2) is 0 Å². The Morgan fingerprint density at radius 3 is 2.61 bits per heavy atom. The molecule has 2 bridgehead atoms. The molecule has 8 nitrogen and oxygen atoms in total. The van der Waals surface area contributed by atoms with Crippen molar-refractivity contribution in [3.05, 3.63) is 0 Å². The lowest BCUT2D eigenvalue weighted by Crippen LogP contribution is -2.55. The van der Waals surface area contributed by atoms with E-state index in [0.717, 1.165) is 19.3 Å². The van der Waals surface area contributed by atoms with E-state index in [9.17, 15) is 14.4 Å². The first-order valence-electron chi connectivity index (χ1n) is 12.0. The van der Waals surface area contributed by atoms with Gasteiger partial charge in [0.1, 0.15) is 17.6 Å². The van der Waals surface area contributed by atoms with Gasteiger partial charge in [-0.05, 0) is 51.9 Å². The summed E-state index contributed by atoms with van der Waals surface area (Å²) in [5.74, 6) is -2.11. The van der Waals surface area contributed by atoms with Crippen LogP contribution in [0, 0.1) is 11.8 Å². The molecule has 0 aromatic carbocycles. The van der Waals surface area contributed by atoms with Crippen LogP contribution in [0.1, 0.15) is 72.1 Å². The molecule has 3 rings (SSSR count). The Labute approximate surface area is 185 Å². The largest absolute Gasteiger partial charge is 0.466 e. The molecule has 31 heavy (non-hydrogen) atoms. The van der Waals surface area contributed by atoms with E-state index in [1.807, 2.05) is 6.92 Å². The summed E-state index contributed by atoms with van der Waals surface area (Å²) < 4.78 is 12.0. The normalized spacial score (nSPS) is 33.6. The van der Waals surface area contributed by atoms with Gasteiger partial charge < -0.3 is 24.8 Å². The summed E-state index contributed by atoms with van der Waals surface area (Å²) in [4.78, 5) is 41.6. The molecule has 2 N–H and O–H groups in total. The third kappa shape index (κ3) is 3.97.